The van der Waals surface area contributed by atoms with Crippen LogP contribution in [0, 0.1) is 47.0 Å². The number of esters is 3. The lowest BCUT2D eigenvalue weighted by atomic mass is 9.86. The van der Waals surface area contributed by atoms with E-state index in [0.29, 0.717) is 12.0 Å². The van der Waals surface area contributed by atoms with Crippen molar-refractivity contribution in [2.24, 2.45) is 5.41 Å². The lowest BCUT2D eigenvalue weighted by molar-refractivity contribution is -0.156. The van der Waals surface area contributed by atoms with Crippen molar-refractivity contribution >= 4 is 57.0 Å². The third kappa shape index (κ3) is 13.3. The molecule has 7 rings (SSSR count). The van der Waals surface area contributed by atoms with Crippen molar-refractivity contribution in [3.8, 4) is 0 Å². The van der Waals surface area contributed by atoms with Gasteiger partial charge in [0.25, 0.3) is 0 Å². The molecular formula is C62H73N3O6. The monoisotopic (exact) mass is 956 g/mol. The number of allylic oxidation sites excluding steroid dienone is 3. The van der Waals surface area contributed by atoms with Gasteiger partial charge in [-0.05, 0) is 141 Å². The van der Waals surface area contributed by atoms with Gasteiger partial charge in [0.05, 0.1) is 24.9 Å². The average Bonchev–Trinajstić information content (AvgIpc) is 3.32. The van der Waals surface area contributed by atoms with Gasteiger partial charge in [-0.1, -0.05) is 136 Å². The minimum absolute atomic E-state index is 0.0789. The molecule has 2 N–H and O–H groups in total. The van der Waals surface area contributed by atoms with E-state index in [1.807, 2.05) is 20.8 Å². The Hall–Kier alpha value is -6.87. The topological polar surface area (TPSA) is 106 Å². The first-order chi connectivity index (χ1) is 33.8. The second-order valence-corrected chi connectivity index (χ2v) is 20.8. The van der Waals surface area contributed by atoms with Crippen molar-refractivity contribution in [3.63, 3.8) is 0 Å². The van der Waals surface area contributed by atoms with E-state index in [1.54, 1.807) is 0 Å². The second-order valence-electron chi connectivity index (χ2n) is 20.8. The molecule has 0 amide bonds. The highest BCUT2D eigenvalue weighted by molar-refractivity contribution is 6.05. The van der Waals surface area contributed by atoms with Crippen LogP contribution in [0.15, 0.2) is 127 Å². The van der Waals surface area contributed by atoms with Crippen LogP contribution in [0.3, 0.4) is 0 Å². The minimum Gasteiger partial charge on any atom is -0.462 e. The zero-order chi connectivity index (χ0) is 51.0. The molecule has 2 atom stereocenters. The Morgan fingerprint density at radius 1 is 0.718 bits per heavy atom. The molecule has 0 spiro atoms. The number of hydrogen-bond donors (Lipinski definition) is 2. The van der Waals surface area contributed by atoms with Crippen LogP contribution < -0.4 is 15.5 Å². The van der Waals surface area contributed by atoms with Crippen LogP contribution in [0.1, 0.15) is 110 Å². The normalized spacial score (nSPS) is 16.6. The fourth-order valence-electron chi connectivity index (χ4n) is 10.4. The number of benzene rings is 5. The number of rotatable bonds is 17. The third-order valence-electron chi connectivity index (χ3n) is 13.5. The van der Waals surface area contributed by atoms with Crippen molar-refractivity contribution in [3.05, 3.63) is 171 Å². The number of carbonyl (C=O) groups is 3. The summed E-state index contributed by atoms with van der Waals surface area (Å²) in [5, 5.41) is 9.68. The SMILES string of the molecule is C=C(CC(C)(C)C)C(=O)OCCOC(=O)CCC(=O)OC1CCCCC1Nc1ccc(C(=C2C=CC(N(C)c3c(C)cc(C)cc3C)C=C2)c2ccc(Nc3c(C)cc(C)cc3C)cc2)c2ccccc12. The molecule has 5 aromatic carbocycles. The van der Waals surface area contributed by atoms with Gasteiger partial charge in [0.1, 0.15) is 19.3 Å². The Morgan fingerprint density at radius 2 is 1.31 bits per heavy atom. The van der Waals surface area contributed by atoms with E-state index in [9.17, 15) is 14.4 Å². The first kappa shape index (κ1) is 52.0. The summed E-state index contributed by atoms with van der Waals surface area (Å²) in [4.78, 5) is 40.3. The second kappa shape index (κ2) is 22.9. The van der Waals surface area contributed by atoms with E-state index in [0.717, 1.165) is 75.8 Å². The quantitative estimate of drug-likeness (QED) is 0.0408. The van der Waals surface area contributed by atoms with E-state index < -0.39 is 17.9 Å². The lowest BCUT2D eigenvalue weighted by Gasteiger charge is -2.33. The zero-order valence-electron chi connectivity index (χ0n) is 43.6. The van der Waals surface area contributed by atoms with Crippen LogP contribution in [0.2, 0.25) is 0 Å². The smallest absolute Gasteiger partial charge is 0.333 e. The number of carbonyl (C=O) groups excluding carboxylic acids is 3. The molecule has 0 aliphatic heterocycles. The van der Waals surface area contributed by atoms with E-state index in [-0.39, 0.29) is 49.7 Å². The Kier molecular flexibility index (Phi) is 16.8. The van der Waals surface area contributed by atoms with Crippen molar-refractivity contribution in [1.29, 1.82) is 0 Å². The molecule has 2 unspecified atom stereocenters. The Balaban J connectivity index is 1.10. The van der Waals surface area contributed by atoms with E-state index in [1.165, 1.54) is 39.1 Å². The van der Waals surface area contributed by atoms with Gasteiger partial charge in [-0.25, -0.2) is 4.79 Å². The highest BCUT2D eigenvalue weighted by Crippen LogP contribution is 2.40. The first-order valence-electron chi connectivity index (χ1n) is 25.2. The van der Waals surface area contributed by atoms with Crippen molar-refractivity contribution < 1.29 is 28.6 Å². The highest BCUT2D eigenvalue weighted by Gasteiger charge is 2.30. The van der Waals surface area contributed by atoms with Gasteiger partial charge in [0, 0.05) is 40.8 Å². The maximum absolute atomic E-state index is 13.2. The minimum atomic E-state index is -0.551. The number of likely N-dealkylation sites (N-methyl/N-ethyl adjacent to an activating group) is 1. The number of nitrogens with zero attached hydrogens (tertiary/aromatic N) is 1. The highest BCUT2D eigenvalue weighted by atomic mass is 16.6. The number of anilines is 4. The fourth-order valence-corrected chi connectivity index (χ4v) is 10.4. The molecule has 9 heteroatoms. The van der Waals surface area contributed by atoms with E-state index >= 15 is 0 Å². The maximum atomic E-state index is 13.2. The van der Waals surface area contributed by atoms with E-state index in [2.05, 4.69) is 180 Å². The standard InChI is InChI=1S/C62H73N3O6/c1-39-34-41(3)59(42(4)35-39)63-48-24-20-46(21-25-48)58(47-22-26-49(27-23-47)65(11)60-43(5)36-40(2)37-44(60)6)52-28-29-53(51-17-13-12-16-50(51)52)64-54-18-14-15-19-55(54)71-57(67)31-30-56(66)69-32-33-70-61(68)45(7)38-62(8,9)10/h12-13,16-17,20-29,34-37,49,54-55,63-64H,7,14-15,18-19,30-33,38H2,1-6,8-11H3. The molecule has 372 valence electrons. The van der Waals surface area contributed by atoms with Crippen LogP contribution in [-0.4, -0.2) is 56.4 Å². The summed E-state index contributed by atoms with van der Waals surface area (Å²) in [6, 6.07) is 30.6. The molecule has 5 aromatic rings. The number of ether oxygens (including phenoxy) is 3. The van der Waals surface area contributed by atoms with Crippen molar-refractivity contribution in [1.82, 2.24) is 0 Å². The molecule has 0 heterocycles. The third-order valence-corrected chi connectivity index (χ3v) is 13.5. The number of fused-ring (bicyclic) bond motifs is 1. The molecule has 71 heavy (non-hydrogen) atoms. The van der Waals surface area contributed by atoms with Crippen LogP contribution in [0.25, 0.3) is 16.3 Å². The van der Waals surface area contributed by atoms with E-state index in [4.69, 9.17) is 14.2 Å². The predicted octanol–water partition coefficient (Wildman–Crippen LogP) is 14.0. The average molecular weight is 956 g/mol. The number of aryl methyl sites for hydroxylation is 6. The molecule has 0 saturated heterocycles. The first-order valence-corrected chi connectivity index (χ1v) is 25.2. The maximum Gasteiger partial charge on any atom is 0.333 e. The largest absolute Gasteiger partial charge is 0.462 e. The van der Waals surface area contributed by atoms with Gasteiger partial charge in [-0.2, -0.15) is 0 Å². The summed E-state index contributed by atoms with van der Waals surface area (Å²) in [5.41, 5.74) is 16.6. The van der Waals surface area contributed by atoms with Crippen LogP contribution >= 0.6 is 0 Å². The van der Waals surface area contributed by atoms with Gasteiger partial charge in [0.2, 0.25) is 0 Å². The summed E-state index contributed by atoms with van der Waals surface area (Å²) in [7, 11) is 2.18. The number of hydrogen-bond acceptors (Lipinski definition) is 9. The molecular weight excluding hydrogens is 883 g/mol. The van der Waals surface area contributed by atoms with Gasteiger partial charge in [-0.15, -0.1) is 0 Å². The summed E-state index contributed by atoms with van der Waals surface area (Å²) < 4.78 is 16.5. The summed E-state index contributed by atoms with van der Waals surface area (Å²) in [6.45, 7) is 22.7. The van der Waals surface area contributed by atoms with Gasteiger partial charge in [0.15, 0.2) is 0 Å². The van der Waals surface area contributed by atoms with Crippen molar-refractivity contribution in [2.75, 3.05) is 35.8 Å². The number of nitrogens with one attached hydrogen (secondary N) is 2. The van der Waals surface area contributed by atoms with Gasteiger partial charge in [-0.3, -0.25) is 9.59 Å². The molecule has 1 fully saturated rings. The fraction of sp³-hybridized carbons (Fsp3) is 0.371. The Morgan fingerprint density at radius 3 is 1.96 bits per heavy atom. The lowest BCUT2D eigenvalue weighted by Crippen LogP contribution is -2.39. The van der Waals surface area contributed by atoms with Gasteiger partial charge >= 0.3 is 17.9 Å². The molecule has 0 bridgehead atoms. The molecule has 0 radical (unpaired) electrons. The zero-order valence-corrected chi connectivity index (χ0v) is 43.6. The molecule has 2 aliphatic carbocycles. The van der Waals surface area contributed by atoms with Crippen LogP contribution in [0.4, 0.5) is 22.7 Å². The summed E-state index contributed by atoms with van der Waals surface area (Å²) in [6.07, 6.45) is 12.5. The molecule has 1 saturated carbocycles. The molecule has 2 aliphatic rings. The summed E-state index contributed by atoms with van der Waals surface area (Å²) in [5.74, 6) is -1.50. The predicted molar refractivity (Wildman–Crippen MR) is 292 cm³/mol. The summed E-state index contributed by atoms with van der Waals surface area (Å²) >= 11 is 0. The molecule has 9 nitrogen and oxygen atoms in total. The Bertz CT molecular complexity index is 2820. The Labute approximate surface area is 422 Å². The molecule has 0 aromatic heterocycles. The van der Waals surface area contributed by atoms with Gasteiger partial charge < -0.3 is 29.7 Å². The van der Waals surface area contributed by atoms with Crippen LogP contribution in [-0.2, 0) is 28.6 Å². The van der Waals surface area contributed by atoms with Crippen LogP contribution in [0.5, 0.6) is 0 Å². The van der Waals surface area contributed by atoms with Crippen molar-refractivity contribution in [2.45, 2.75) is 125 Å².